The topological polar surface area (TPSA) is 66.9 Å². The molecule has 0 bridgehead atoms. The molecule has 0 fully saturated rings. The van der Waals surface area contributed by atoms with Crippen molar-refractivity contribution in [1.82, 2.24) is 9.97 Å². The van der Waals surface area contributed by atoms with E-state index in [0.29, 0.717) is 17.9 Å². The SMILES string of the molecule is CCNc1cc(F)c(F)cc1NC(=O)c1cncnc1C. The highest BCUT2D eigenvalue weighted by molar-refractivity contribution is 6.06. The van der Waals surface area contributed by atoms with Crippen LogP contribution >= 0.6 is 0 Å². The summed E-state index contributed by atoms with van der Waals surface area (Å²) in [6.07, 6.45) is 2.69. The molecule has 0 unspecified atom stereocenters. The van der Waals surface area contributed by atoms with Crippen LogP contribution in [0.5, 0.6) is 0 Å². The van der Waals surface area contributed by atoms with E-state index in [2.05, 4.69) is 20.6 Å². The van der Waals surface area contributed by atoms with Gasteiger partial charge in [-0.15, -0.1) is 0 Å². The summed E-state index contributed by atoms with van der Waals surface area (Å²) < 4.78 is 26.6. The molecule has 0 atom stereocenters. The molecule has 21 heavy (non-hydrogen) atoms. The molecule has 0 aliphatic carbocycles. The summed E-state index contributed by atoms with van der Waals surface area (Å²) in [5, 5.41) is 5.40. The maximum absolute atomic E-state index is 13.4. The molecule has 110 valence electrons. The molecule has 0 spiro atoms. The second-order valence-electron chi connectivity index (χ2n) is 4.32. The maximum atomic E-state index is 13.4. The molecule has 0 aliphatic rings. The van der Waals surface area contributed by atoms with Crippen molar-refractivity contribution in [2.24, 2.45) is 0 Å². The minimum Gasteiger partial charge on any atom is -0.384 e. The van der Waals surface area contributed by atoms with Gasteiger partial charge in [-0.25, -0.2) is 18.7 Å². The van der Waals surface area contributed by atoms with Crippen LogP contribution in [0.4, 0.5) is 20.2 Å². The van der Waals surface area contributed by atoms with Gasteiger partial charge in [0.25, 0.3) is 5.91 Å². The van der Waals surface area contributed by atoms with E-state index >= 15 is 0 Å². The van der Waals surface area contributed by atoms with E-state index in [1.807, 2.05) is 6.92 Å². The van der Waals surface area contributed by atoms with Gasteiger partial charge >= 0.3 is 0 Å². The molecule has 1 aromatic heterocycles. The van der Waals surface area contributed by atoms with E-state index in [9.17, 15) is 13.6 Å². The number of halogens is 2. The van der Waals surface area contributed by atoms with Gasteiger partial charge in [-0.1, -0.05) is 0 Å². The molecule has 5 nitrogen and oxygen atoms in total. The molecule has 0 saturated carbocycles. The van der Waals surface area contributed by atoms with Crippen molar-refractivity contribution in [3.63, 3.8) is 0 Å². The van der Waals surface area contributed by atoms with Crippen LogP contribution in [-0.4, -0.2) is 22.4 Å². The van der Waals surface area contributed by atoms with E-state index in [-0.39, 0.29) is 11.3 Å². The number of benzene rings is 1. The first-order valence-electron chi connectivity index (χ1n) is 6.33. The summed E-state index contributed by atoms with van der Waals surface area (Å²) in [4.78, 5) is 19.8. The lowest BCUT2D eigenvalue weighted by Crippen LogP contribution is -2.16. The van der Waals surface area contributed by atoms with E-state index in [4.69, 9.17) is 0 Å². The highest BCUT2D eigenvalue weighted by atomic mass is 19.2. The highest BCUT2D eigenvalue weighted by Crippen LogP contribution is 2.25. The average Bonchev–Trinajstić information content (AvgIpc) is 2.45. The van der Waals surface area contributed by atoms with Crippen LogP contribution in [0, 0.1) is 18.6 Å². The predicted octanol–water partition coefficient (Wildman–Crippen LogP) is 2.75. The van der Waals surface area contributed by atoms with Crippen molar-refractivity contribution < 1.29 is 13.6 Å². The van der Waals surface area contributed by atoms with Gasteiger partial charge in [0.1, 0.15) is 6.33 Å². The van der Waals surface area contributed by atoms with Crippen LogP contribution in [0.3, 0.4) is 0 Å². The monoisotopic (exact) mass is 292 g/mol. The number of hydrogen-bond acceptors (Lipinski definition) is 4. The number of carbonyl (C=O) groups is 1. The summed E-state index contributed by atoms with van der Waals surface area (Å²) in [7, 11) is 0. The lowest BCUT2D eigenvalue weighted by Gasteiger charge is -2.13. The fourth-order valence-electron chi connectivity index (χ4n) is 1.79. The third-order valence-electron chi connectivity index (χ3n) is 2.83. The summed E-state index contributed by atoms with van der Waals surface area (Å²) in [5.41, 5.74) is 1.23. The first-order valence-corrected chi connectivity index (χ1v) is 6.33. The Morgan fingerprint density at radius 2 is 1.90 bits per heavy atom. The summed E-state index contributed by atoms with van der Waals surface area (Å²) >= 11 is 0. The quantitative estimate of drug-likeness (QED) is 0.909. The Labute approximate surface area is 120 Å². The minimum absolute atomic E-state index is 0.156. The van der Waals surface area contributed by atoms with Gasteiger partial charge in [-0.3, -0.25) is 4.79 Å². The zero-order valence-electron chi connectivity index (χ0n) is 11.6. The number of hydrogen-bond donors (Lipinski definition) is 2. The van der Waals surface area contributed by atoms with E-state index < -0.39 is 17.5 Å². The van der Waals surface area contributed by atoms with Gasteiger partial charge in [0.2, 0.25) is 0 Å². The smallest absolute Gasteiger partial charge is 0.259 e. The standard InChI is InChI=1S/C14H14F2N4O/c1-3-18-12-4-10(15)11(16)5-13(12)20-14(21)9-6-17-7-19-8(9)2/h4-7,18H,3H2,1-2H3,(H,20,21). The third-order valence-corrected chi connectivity index (χ3v) is 2.83. The van der Waals surface area contributed by atoms with Crippen LogP contribution in [0.25, 0.3) is 0 Å². The van der Waals surface area contributed by atoms with Crippen LogP contribution in [-0.2, 0) is 0 Å². The number of rotatable bonds is 4. The summed E-state index contributed by atoms with van der Waals surface area (Å²) in [5.74, 6) is -2.51. The highest BCUT2D eigenvalue weighted by Gasteiger charge is 2.15. The van der Waals surface area contributed by atoms with Gasteiger partial charge in [0.05, 0.1) is 22.6 Å². The molecule has 0 saturated heterocycles. The molecule has 0 aliphatic heterocycles. The second-order valence-corrected chi connectivity index (χ2v) is 4.32. The molecule has 2 aromatic rings. The number of amides is 1. The normalized spacial score (nSPS) is 10.3. The molecule has 1 aromatic carbocycles. The van der Waals surface area contributed by atoms with Crippen molar-refractivity contribution >= 4 is 17.3 Å². The van der Waals surface area contributed by atoms with Gasteiger partial charge in [0, 0.05) is 24.9 Å². The Morgan fingerprint density at radius 1 is 1.24 bits per heavy atom. The Kier molecular flexibility index (Phi) is 4.42. The van der Waals surface area contributed by atoms with Gasteiger partial charge in [0.15, 0.2) is 11.6 Å². The van der Waals surface area contributed by atoms with Crippen molar-refractivity contribution in [3.05, 3.63) is 47.5 Å². The average molecular weight is 292 g/mol. The van der Waals surface area contributed by atoms with Gasteiger partial charge < -0.3 is 10.6 Å². The lowest BCUT2D eigenvalue weighted by molar-refractivity contribution is 0.102. The van der Waals surface area contributed by atoms with Crippen LogP contribution in [0.1, 0.15) is 23.0 Å². The van der Waals surface area contributed by atoms with E-state index in [1.165, 1.54) is 12.5 Å². The number of nitrogens with one attached hydrogen (secondary N) is 2. The summed E-state index contributed by atoms with van der Waals surface area (Å²) in [6.45, 7) is 3.97. The number of aromatic nitrogens is 2. The number of aryl methyl sites for hydroxylation is 1. The molecule has 1 amide bonds. The lowest BCUT2D eigenvalue weighted by atomic mass is 10.2. The van der Waals surface area contributed by atoms with Crippen molar-refractivity contribution in [2.75, 3.05) is 17.2 Å². The fourth-order valence-corrected chi connectivity index (χ4v) is 1.79. The zero-order valence-corrected chi connectivity index (χ0v) is 11.6. The molecule has 0 radical (unpaired) electrons. The zero-order chi connectivity index (χ0) is 15.4. The molecule has 7 heteroatoms. The Hall–Kier alpha value is -2.57. The maximum Gasteiger partial charge on any atom is 0.259 e. The summed E-state index contributed by atoms with van der Waals surface area (Å²) in [6, 6.07) is 1.94. The van der Waals surface area contributed by atoms with E-state index in [0.717, 1.165) is 12.1 Å². The first-order chi connectivity index (χ1) is 10.0. The van der Waals surface area contributed by atoms with Gasteiger partial charge in [-0.2, -0.15) is 0 Å². The molecular formula is C14H14F2N4O. The van der Waals surface area contributed by atoms with Crippen LogP contribution in [0.15, 0.2) is 24.7 Å². The largest absolute Gasteiger partial charge is 0.384 e. The Morgan fingerprint density at radius 3 is 2.52 bits per heavy atom. The Balaban J connectivity index is 2.32. The fraction of sp³-hybridized carbons (Fsp3) is 0.214. The molecular weight excluding hydrogens is 278 g/mol. The minimum atomic E-state index is -1.03. The molecule has 2 rings (SSSR count). The van der Waals surface area contributed by atoms with Crippen molar-refractivity contribution in [3.8, 4) is 0 Å². The number of anilines is 2. The third kappa shape index (κ3) is 3.31. The van der Waals surface area contributed by atoms with E-state index in [1.54, 1.807) is 6.92 Å². The Bertz CT molecular complexity index is 676. The predicted molar refractivity (Wildman–Crippen MR) is 75.2 cm³/mol. The van der Waals surface area contributed by atoms with Crippen molar-refractivity contribution in [2.45, 2.75) is 13.8 Å². The molecule has 2 N–H and O–H groups in total. The number of nitrogens with zero attached hydrogens (tertiary/aromatic N) is 2. The van der Waals surface area contributed by atoms with Crippen LogP contribution in [0.2, 0.25) is 0 Å². The second kappa shape index (κ2) is 6.25. The number of carbonyl (C=O) groups excluding carboxylic acids is 1. The van der Waals surface area contributed by atoms with Gasteiger partial charge in [-0.05, 0) is 13.8 Å². The van der Waals surface area contributed by atoms with Crippen molar-refractivity contribution in [1.29, 1.82) is 0 Å². The molecule has 1 heterocycles. The first kappa shape index (κ1) is 14.8. The van der Waals surface area contributed by atoms with Crippen LogP contribution < -0.4 is 10.6 Å².